The van der Waals surface area contributed by atoms with E-state index in [4.69, 9.17) is 9.26 Å². The van der Waals surface area contributed by atoms with Crippen molar-refractivity contribution in [3.05, 3.63) is 0 Å². The van der Waals surface area contributed by atoms with Gasteiger partial charge in [0.25, 0.3) is 0 Å². The summed E-state index contributed by atoms with van der Waals surface area (Å²) in [5.41, 5.74) is -1.12. The fraction of sp³-hybridized carbons (Fsp3) is 1.00. The van der Waals surface area contributed by atoms with Crippen LogP contribution in [-0.4, -0.2) is 58.3 Å². The molecule has 6 nitrogen and oxygen atoms in total. The predicted octanol–water partition coefficient (Wildman–Crippen LogP) is 1.31. The molecule has 3 unspecified atom stereocenters. The van der Waals surface area contributed by atoms with Gasteiger partial charge in [-0.15, -0.1) is 0 Å². The molecule has 0 radical (unpaired) electrons. The zero-order valence-electron chi connectivity index (χ0n) is 14.5. The molecule has 136 valence electrons. The van der Waals surface area contributed by atoms with Crippen LogP contribution in [0.25, 0.3) is 0 Å². The number of halogens is 1. The number of ether oxygens (including phenoxy) is 1. The Morgan fingerprint density at radius 3 is 2.35 bits per heavy atom. The largest absolute Gasteiger partial charge is 0.387 e. The minimum absolute atomic E-state index is 0.0507. The number of hydrogen-bond donors (Lipinski definition) is 3. The van der Waals surface area contributed by atoms with Crippen LogP contribution in [0.4, 0.5) is 4.39 Å². The van der Waals surface area contributed by atoms with E-state index in [-0.39, 0.29) is 12.8 Å². The lowest BCUT2D eigenvalue weighted by Gasteiger charge is -2.38. The molecule has 1 aliphatic rings. The summed E-state index contributed by atoms with van der Waals surface area (Å²) in [5, 5.41) is 18.2. The maximum absolute atomic E-state index is 13.7. The SMILES string of the molecule is B[C@@H]1O[C@H](CC(C)(CCC)OP(=O)(O)C(C)(O)CC)[C@@H](O)[C@H]1F. The highest BCUT2D eigenvalue weighted by Gasteiger charge is 2.50. The van der Waals surface area contributed by atoms with Crippen LogP contribution < -0.4 is 0 Å². The first-order valence-electron chi connectivity index (χ1n) is 8.12. The van der Waals surface area contributed by atoms with Crippen molar-refractivity contribution < 1.29 is 33.3 Å². The third-order valence-electron chi connectivity index (χ3n) is 4.58. The van der Waals surface area contributed by atoms with Gasteiger partial charge in [0.1, 0.15) is 20.1 Å². The van der Waals surface area contributed by atoms with Crippen LogP contribution in [0.5, 0.6) is 0 Å². The molecule has 3 N–H and O–H groups in total. The maximum atomic E-state index is 13.7. The average molecular weight is 354 g/mol. The standard InChI is InChI=1S/C14H29BFO6P/c1-5-7-13(3,22-23(19,20)14(4,18)6-2)8-9-11(17)10(16)12(15)21-9/h9-12,17-18H,5-8,15H2,1-4H3,(H,19,20)/t9-,10-,11-,12-,13?,14?/m1/s1. The zero-order chi connectivity index (χ0) is 18.1. The average Bonchev–Trinajstić information content (AvgIpc) is 2.65. The summed E-state index contributed by atoms with van der Waals surface area (Å²) in [6, 6.07) is -0.736. The summed E-state index contributed by atoms with van der Waals surface area (Å²) < 4.78 is 37.1. The summed E-state index contributed by atoms with van der Waals surface area (Å²) in [4.78, 5) is 10.2. The first-order chi connectivity index (χ1) is 10.4. The van der Waals surface area contributed by atoms with Gasteiger partial charge < -0.3 is 24.4 Å². The molecule has 0 aliphatic carbocycles. The molecular formula is C14H29BFO6P. The van der Waals surface area contributed by atoms with Gasteiger partial charge in [-0.3, -0.25) is 4.57 Å². The molecule has 1 rings (SSSR count). The Balaban J connectivity index is 2.93. The van der Waals surface area contributed by atoms with Crippen LogP contribution in [-0.2, 0) is 13.8 Å². The van der Waals surface area contributed by atoms with Crippen molar-refractivity contribution in [3.63, 3.8) is 0 Å². The van der Waals surface area contributed by atoms with E-state index in [9.17, 15) is 24.1 Å². The van der Waals surface area contributed by atoms with Crippen LogP contribution in [0.3, 0.4) is 0 Å². The van der Waals surface area contributed by atoms with E-state index in [0.29, 0.717) is 12.8 Å². The molecule has 0 amide bonds. The van der Waals surface area contributed by atoms with Crippen LogP contribution in [0.15, 0.2) is 0 Å². The summed E-state index contributed by atoms with van der Waals surface area (Å²) in [6.07, 6.45) is -2.42. The van der Waals surface area contributed by atoms with Crippen molar-refractivity contribution in [2.24, 2.45) is 0 Å². The summed E-state index contributed by atoms with van der Waals surface area (Å²) in [5.74, 6) is 0. The van der Waals surface area contributed by atoms with Gasteiger partial charge in [0.2, 0.25) is 0 Å². The van der Waals surface area contributed by atoms with Gasteiger partial charge in [-0.2, -0.15) is 0 Å². The van der Waals surface area contributed by atoms with Crippen molar-refractivity contribution in [1.82, 2.24) is 0 Å². The van der Waals surface area contributed by atoms with E-state index < -0.39 is 42.9 Å². The number of alkyl halides is 1. The second-order valence-electron chi connectivity index (χ2n) is 6.90. The molecule has 0 aromatic rings. The van der Waals surface area contributed by atoms with E-state index in [2.05, 4.69) is 0 Å². The number of aliphatic hydroxyl groups excluding tert-OH is 1. The van der Waals surface area contributed by atoms with Gasteiger partial charge >= 0.3 is 7.60 Å². The fourth-order valence-corrected chi connectivity index (χ4v) is 4.18. The number of aliphatic hydroxyl groups is 2. The minimum atomic E-state index is -4.33. The van der Waals surface area contributed by atoms with Crippen LogP contribution in [0, 0.1) is 0 Å². The smallest absolute Gasteiger partial charge is 0.359 e. The number of rotatable bonds is 8. The van der Waals surface area contributed by atoms with Gasteiger partial charge in [-0.25, -0.2) is 4.39 Å². The van der Waals surface area contributed by atoms with E-state index in [1.54, 1.807) is 13.8 Å². The van der Waals surface area contributed by atoms with E-state index in [1.165, 1.54) is 14.8 Å². The zero-order valence-corrected chi connectivity index (χ0v) is 15.4. The van der Waals surface area contributed by atoms with Crippen molar-refractivity contribution >= 4 is 15.4 Å². The Hall–Kier alpha value is 0.0249. The molecule has 1 heterocycles. The molecule has 1 fully saturated rings. The van der Waals surface area contributed by atoms with Gasteiger partial charge in [0, 0.05) is 6.42 Å². The van der Waals surface area contributed by atoms with E-state index in [0.717, 1.165) is 0 Å². The Morgan fingerprint density at radius 2 is 1.96 bits per heavy atom. The second-order valence-corrected chi connectivity index (χ2v) is 9.09. The Morgan fingerprint density at radius 1 is 1.39 bits per heavy atom. The lowest BCUT2D eigenvalue weighted by molar-refractivity contribution is -0.0454. The highest BCUT2D eigenvalue weighted by molar-refractivity contribution is 7.54. The predicted molar refractivity (Wildman–Crippen MR) is 87.9 cm³/mol. The minimum Gasteiger partial charge on any atom is -0.387 e. The molecule has 23 heavy (non-hydrogen) atoms. The monoisotopic (exact) mass is 354 g/mol. The van der Waals surface area contributed by atoms with E-state index in [1.807, 2.05) is 6.92 Å². The van der Waals surface area contributed by atoms with Crippen molar-refractivity contribution in [3.8, 4) is 0 Å². The molecule has 0 aromatic heterocycles. The van der Waals surface area contributed by atoms with E-state index >= 15 is 0 Å². The van der Waals surface area contributed by atoms with Crippen LogP contribution >= 0.6 is 7.60 Å². The molecule has 1 aliphatic heterocycles. The molecule has 0 bridgehead atoms. The summed E-state index contributed by atoms with van der Waals surface area (Å²) in [6.45, 7) is 6.34. The van der Waals surface area contributed by atoms with Crippen LogP contribution in [0.1, 0.15) is 53.4 Å². The number of hydrogen-bond acceptors (Lipinski definition) is 5. The van der Waals surface area contributed by atoms with Gasteiger partial charge in [-0.05, 0) is 26.7 Å². The molecule has 1 saturated heterocycles. The highest BCUT2D eigenvalue weighted by atomic mass is 31.2. The summed E-state index contributed by atoms with van der Waals surface area (Å²) >= 11 is 0. The molecule has 0 saturated carbocycles. The van der Waals surface area contributed by atoms with Crippen molar-refractivity contribution in [2.75, 3.05) is 0 Å². The lowest BCUT2D eigenvalue weighted by atomic mass is 9.89. The van der Waals surface area contributed by atoms with Crippen molar-refractivity contribution in [1.29, 1.82) is 0 Å². The van der Waals surface area contributed by atoms with Gasteiger partial charge in [-0.1, -0.05) is 20.3 Å². The summed E-state index contributed by atoms with van der Waals surface area (Å²) in [7, 11) is -2.80. The fourth-order valence-electron chi connectivity index (χ4n) is 2.82. The Labute approximate surface area is 138 Å². The first kappa shape index (κ1) is 21.1. The van der Waals surface area contributed by atoms with Gasteiger partial charge in [0.15, 0.2) is 5.34 Å². The molecular weight excluding hydrogens is 325 g/mol. The Kier molecular flexibility index (Phi) is 6.87. The third kappa shape index (κ3) is 4.77. The molecule has 7 atom stereocenters. The van der Waals surface area contributed by atoms with Crippen molar-refractivity contribution in [2.45, 2.75) is 88.7 Å². The molecule has 0 spiro atoms. The quantitative estimate of drug-likeness (QED) is 0.449. The molecule has 0 aromatic carbocycles. The van der Waals surface area contributed by atoms with Gasteiger partial charge in [0.05, 0.1) is 17.7 Å². The second kappa shape index (κ2) is 7.50. The lowest BCUT2D eigenvalue weighted by Crippen LogP contribution is -2.40. The topological polar surface area (TPSA) is 96.2 Å². The normalized spacial score (nSPS) is 36.2. The third-order valence-corrected chi connectivity index (χ3v) is 6.80. The van der Waals surface area contributed by atoms with Crippen LogP contribution in [0.2, 0.25) is 0 Å². The first-order valence-corrected chi connectivity index (χ1v) is 9.70. The molecule has 9 heteroatoms. The maximum Gasteiger partial charge on any atom is 0.359 e. The highest BCUT2D eigenvalue weighted by Crippen LogP contribution is 2.59. The Bertz CT molecular complexity index is 451.